The van der Waals surface area contributed by atoms with Gasteiger partial charge < -0.3 is 10.4 Å². The van der Waals surface area contributed by atoms with Gasteiger partial charge in [-0.05, 0) is 53.8 Å². The number of aliphatic carboxylic acids is 1. The van der Waals surface area contributed by atoms with Crippen LogP contribution in [0.25, 0.3) is 22.0 Å². The standard InChI is InChI=1S/C29H27F2N3O4/c1-17(2)13-25(34-16-32-23-12-4-3-9-20(23)29(34)38)28(37)33-24(15-26(35)36)18-7-5-8-19(14-18)27-21(30)10-6-11-22(27)31/h3-12,14,16-17,24-25H,13,15H2,1-2H3,(H,33,37)(H,35,36). The highest BCUT2D eigenvalue weighted by Gasteiger charge is 2.28. The minimum absolute atomic E-state index is 0.0226. The molecule has 1 amide bonds. The monoisotopic (exact) mass is 519 g/mol. The number of carboxylic acid groups (broad SMARTS) is 1. The minimum Gasteiger partial charge on any atom is -0.481 e. The highest BCUT2D eigenvalue weighted by Crippen LogP contribution is 2.29. The van der Waals surface area contributed by atoms with Gasteiger partial charge in [-0.3, -0.25) is 19.0 Å². The lowest BCUT2D eigenvalue weighted by atomic mass is 9.96. The highest BCUT2D eigenvalue weighted by atomic mass is 19.1. The topological polar surface area (TPSA) is 101 Å². The van der Waals surface area contributed by atoms with Crippen LogP contribution in [0, 0.1) is 17.6 Å². The molecule has 196 valence electrons. The molecule has 0 aliphatic heterocycles. The Morgan fingerprint density at radius 1 is 1.00 bits per heavy atom. The molecule has 2 N–H and O–H groups in total. The van der Waals surface area contributed by atoms with Crippen molar-refractivity contribution in [3.05, 3.63) is 101 Å². The van der Waals surface area contributed by atoms with Crippen LogP contribution in [0.1, 0.15) is 44.3 Å². The second kappa shape index (κ2) is 11.3. The Kier molecular flexibility index (Phi) is 7.95. The van der Waals surface area contributed by atoms with Gasteiger partial charge in [0, 0.05) is 0 Å². The van der Waals surface area contributed by atoms with Gasteiger partial charge in [0.05, 0.1) is 35.3 Å². The van der Waals surface area contributed by atoms with E-state index in [0.717, 1.165) is 12.1 Å². The molecule has 0 saturated heterocycles. The molecule has 0 aliphatic rings. The Labute approximate surface area is 217 Å². The number of aromatic nitrogens is 2. The molecule has 0 bridgehead atoms. The number of rotatable bonds is 9. The van der Waals surface area contributed by atoms with Crippen molar-refractivity contribution in [1.29, 1.82) is 0 Å². The van der Waals surface area contributed by atoms with E-state index in [4.69, 9.17) is 0 Å². The van der Waals surface area contributed by atoms with Crippen molar-refractivity contribution in [1.82, 2.24) is 14.9 Å². The summed E-state index contributed by atoms with van der Waals surface area (Å²) in [6.07, 6.45) is 1.14. The molecule has 0 aliphatic carbocycles. The number of nitrogens with zero attached hydrogens (tertiary/aromatic N) is 2. The summed E-state index contributed by atoms with van der Waals surface area (Å²) in [4.78, 5) is 42.8. The Morgan fingerprint density at radius 2 is 1.68 bits per heavy atom. The van der Waals surface area contributed by atoms with Crippen LogP contribution in [-0.4, -0.2) is 26.5 Å². The number of carbonyl (C=O) groups excluding carboxylic acids is 1. The number of nitrogens with one attached hydrogen (secondary N) is 1. The summed E-state index contributed by atoms with van der Waals surface area (Å²) < 4.78 is 30.1. The fraction of sp³-hybridized carbons (Fsp3) is 0.241. The third-order valence-corrected chi connectivity index (χ3v) is 6.26. The number of hydrogen-bond donors (Lipinski definition) is 2. The number of carboxylic acids is 1. The van der Waals surface area contributed by atoms with Crippen LogP contribution >= 0.6 is 0 Å². The van der Waals surface area contributed by atoms with E-state index in [1.165, 1.54) is 29.1 Å². The number of hydrogen-bond acceptors (Lipinski definition) is 4. The molecule has 1 aromatic heterocycles. The molecule has 2 unspecified atom stereocenters. The van der Waals surface area contributed by atoms with Crippen LogP contribution in [-0.2, 0) is 9.59 Å². The van der Waals surface area contributed by atoms with Crippen molar-refractivity contribution >= 4 is 22.8 Å². The second-order valence-electron chi connectivity index (χ2n) is 9.50. The lowest BCUT2D eigenvalue weighted by Gasteiger charge is -2.25. The van der Waals surface area contributed by atoms with Crippen molar-refractivity contribution in [2.24, 2.45) is 5.92 Å². The van der Waals surface area contributed by atoms with E-state index >= 15 is 0 Å². The minimum atomic E-state index is -1.18. The molecular formula is C29H27F2N3O4. The van der Waals surface area contributed by atoms with Crippen LogP contribution in [0.3, 0.4) is 0 Å². The zero-order valence-electron chi connectivity index (χ0n) is 20.9. The maximum Gasteiger partial charge on any atom is 0.305 e. The predicted molar refractivity (Wildman–Crippen MR) is 139 cm³/mol. The van der Waals surface area contributed by atoms with Crippen LogP contribution in [0.15, 0.2) is 77.9 Å². The first kappa shape index (κ1) is 26.7. The van der Waals surface area contributed by atoms with Gasteiger partial charge >= 0.3 is 5.97 Å². The lowest BCUT2D eigenvalue weighted by Crippen LogP contribution is -2.40. The number of fused-ring (bicyclic) bond motifs is 1. The summed E-state index contributed by atoms with van der Waals surface area (Å²) in [5.41, 5.74) is 0.424. The molecule has 3 aromatic carbocycles. The SMILES string of the molecule is CC(C)CC(C(=O)NC(CC(=O)O)c1cccc(-c2c(F)cccc2F)c1)n1cnc2ccccc2c1=O. The van der Waals surface area contributed by atoms with E-state index in [1.807, 2.05) is 13.8 Å². The van der Waals surface area contributed by atoms with Crippen molar-refractivity contribution < 1.29 is 23.5 Å². The summed E-state index contributed by atoms with van der Waals surface area (Å²) in [7, 11) is 0. The van der Waals surface area contributed by atoms with Gasteiger partial charge in [0.1, 0.15) is 17.7 Å². The maximum absolute atomic E-state index is 14.4. The molecule has 4 aromatic rings. The first-order chi connectivity index (χ1) is 18.2. The van der Waals surface area contributed by atoms with Crippen molar-refractivity contribution in [3.63, 3.8) is 0 Å². The number of carbonyl (C=O) groups is 2. The summed E-state index contributed by atoms with van der Waals surface area (Å²) in [6, 6.07) is 14.4. The number of halogens is 2. The maximum atomic E-state index is 14.4. The van der Waals surface area contributed by atoms with Crippen molar-refractivity contribution in [3.8, 4) is 11.1 Å². The average Bonchev–Trinajstić information content (AvgIpc) is 2.87. The number of benzene rings is 3. The Balaban J connectivity index is 1.71. The Hall–Kier alpha value is -4.40. The summed E-state index contributed by atoms with van der Waals surface area (Å²) in [6.45, 7) is 3.81. The second-order valence-corrected chi connectivity index (χ2v) is 9.50. The van der Waals surface area contributed by atoms with Crippen LogP contribution in [0.4, 0.5) is 8.78 Å². The quantitative estimate of drug-likeness (QED) is 0.314. The van der Waals surface area contributed by atoms with E-state index < -0.39 is 42.0 Å². The van der Waals surface area contributed by atoms with Crippen molar-refractivity contribution in [2.75, 3.05) is 0 Å². The molecule has 0 fully saturated rings. The van der Waals surface area contributed by atoms with Crippen LogP contribution in [0.5, 0.6) is 0 Å². The van der Waals surface area contributed by atoms with E-state index in [1.54, 1.807) is 36.4 Å². The van der Waals surface area contributed by atoms with E-state index in [0.29, 0.717) is 22.9 Å². The molecule has 2 atom stereocenters. The first-order valence-corrected chi connectivity index (χ1v) is 12.2. The summed E-state index contributed by atoms with van der Waals surface area (Å²) in [5, 5.41) is 12.7. The van der Waals surface area contributed by atoms with Gasteiger partial charge in [0.2, 0.25) is 5.91 Å². The molecule has 1 heterocycles. The lowest BCUT2D eigenvalue weighted by molar-refractivity contribution is -0.138. The Bertz CT molecular complexity index is 1530. The molecule has 0 spiro atoms. The zero-order chi connectivity index (χ0) is 27.4. The van der Waals surface area contributed by atoms with Gasteiger partial charge in [-0.15, -0.1) is 0 Å². The zero-order valence-corrected chi connectivity index (χ0v) is 20.9. The molecule has 38 heavy (non-hydrogen) atoms. The highest BCUT2D eigenvalue weighted by molar-refractivity contribution is 5.83. The van der Waals surface area contributed by atoms with E-state index in [2.05, 4.69) is 10.3 Å². The van der Waals surface area contributed by atoms with Crippen molar-refractivity contribution in [2.45, 2.75) is 38.8 Å². The molecule has 0 radical (unpaired) electrons. The van der Waals surface area contributed by atoms with E-state index in [-0.39, 0.29) is 22.6 Å². The van der Waals surface area contributed by atoms with E-state index in [9.17, 15) is 28.3 Å². The Morgan fingerprint density at radius 3 is 2.37 bits per heavy atom. The summed E-state index contributed by atoms with van der Waals surface area (Å²) >= 11 is 0. The average molecular weight is 520 g/mol. The molecular weight excluding hydrogens is 492 g/mol. The molecule has 7 nitrogen and oxygen atoms in total. The predicted octanol–water partition coefficient (Wildman–Crippen LogP) is 5.26. The smallest absolute Gasteiger partial charge is 0.305 e. The van der Waals surface area contributed by atoms with Crippen LogP contribution in [0.2, 0.25) is 0 Å². The summed E-state index contributed by atoms with van der Waals surface area (Å²) in [5.74, 6) is -3.24. The normalized spacial score (nSPS) is 12.9. The molecule has 0 saturated carbocycles. The number of para-hydroxylation sites is 1. The fourth-order valence-corrected chi connectivity index (χ4v) is 4.48. The van der Waals surface area contributed by atoms with Crippen LogP contribution < -0.4 is 10.9 Å². The number of amides is 1. The van der Waals surface area contributed by atoms with Gasteiger partial charge in [0.25, 0.3) is 5.56 Å². The third kappa shape index (κ3) is 5.77. The van der Waals surface area contributed by atoms with Gasteiger partial charge in [-0.1, -0.05) is 50.2 Å². The molecule has 4 rings (SSSR count). The van der Waals surface area contributed by atoms with Gasteiger partial charge in [0.15, 0.2) is 0 Å². The molecule has 9 heteroatoms. The van der Waals surface area contributed by atoms with Gasteiger partial charge in [-0.2, -0.15) is 0 Å². The largest absolute Gasteiger partial charge is 0.481 e. The fourth-order valence-electron chi connectivity index (χ4n) is 4.48. The third-order valence-electron chi connectivity index (χ3n) is 6.26. The first-order valence-electron chi connectivity index (χ1n) is 12.2. The van der Waals surface area contributed by atoms with Gasteiger partial charge in [-0.25, -0.2) is 13.8 Å².